The zero-order chi connectivity index (χ0) is 15.4. The van der Waals surface area contributed by atoms with E-state index in [2.05, 4.69) is 15.3 Å². The van der Waals surface area contributed by atoms with E-state index in [-0.39, 0.29) is 12.3 Å². The van der Waals surface area contributed by atoms with Crippen LogP contribution in [0.5, 0.6) is 0 Å². The van der Waals surface area contributed by atoms with Crippen LogP contribution >= 0.6 is 11.3 Å². The summed E-state index contributed by atoms with van der Waals surface area (Å²) in [6, 6.07) is 11.6. The monoisotopic (exact) mass is 309 g/mol. The SMILES string of the molecule is Cc1cccc(NC(=O)Cc2csc(-c3cccnc3)n2)c1. The number of thiazole rings is 1. The van der Waals surface area contributed by atoms with Gasteiger partial charge in [-0.25, -0.2) is 4.98 Å². The third kappa shape index (κ3) is 3.56. The number of nitrogens with zero attached hydrogens (tertiary/aromatic N) is 2. The molecule has 0 unspecified atom stereocenters. The Bertz CT molecular complexity index is 783. The van der Waals surface area contributed by atoms with Gasteiger partial charge in [0.1, 0.15) is 5.01 Å². The van der Waals surface area contributed by atoms with Gasteiger partial charge < -0.3 is 5.32 Å². The maximum atomic E-state index is 12.1. The van der Waals surface area contributed by atoms with Crippen molar-refractivity contribution in [3.8, 4) is 10.6 Å². The molecule has 5 heteroatoms. The molecule has 1 N–H and O–H groups in total. The molecule has 3 rings (SSSR count). The zero-order valence-electron chi connectivity index (χ0n) is 12.1. The first-order chi connectivity index (χ1) is 10.7. The van der Waals surface area contributed by atoms with Crippen LogP contribution in [0.4, 0.5) is 5.69 Å². The Morgan fingerprint density at radius 1 is 1.27 bits per heavy atom. The summed E-state index contributed by atoms with van der Waals surface area (Å²) in [5.41, 5.74) is 3.67. The molecular weight excluding hydrogens is 294 g/mol. The molecule has 0 radical (unpaired) electrons. The van der Waals surface area contributed by atoms with Gasteiger partial charge in [0.25, 0.3) is 0 Å². The molecule has 0 saturated heterocycles. The van der Waals surface area contributed by atoms with E-state index in [4.69, 9.17) is 0 Å². The number of hydrogen-bond acceptors (Lipinski definition) is 4. The maximum absolute atomic E-state index is 12.1. The fourth-order valence-corrected chi connectivity index (χ4v) is 2.91. The summed E-state index contributed by atoms with van der Waals surface area (Å²) in [6.07, 6.45) is 3.77. The van der Waals surface area contributed by atoms with Crippen molar-refractivity contribution in [2.75, 3.05) is 5.32 Å². The average Bonchev–Trinajstić information content (AvgIpc) is 2.96. The van der Waals surface area contributed by atoms with E-state index in [9.17, 15) is 4.79 Å². The molecule has 1 amide bonds. The first kappa shape index (κ1) is 14.4. The van der Waals surface area contributed by atoms with Crippen molar-refractivity contribution in [1.82, 2.24) is 9.97 Å². The second-order valence-electron chi connectivity index (χ2n) is 4.98. The quantitative estimate of drug-likeness (QED) is 0.799. The summed E-state index contributed by atoms with van der Waals surface area (Å²) in [7, 11) is 0. The number of rotatable bonds is 4. The number of anilines is 1. The lowest BCUT2D eigenvalue weighted by atomic mass is 10.2. The van der Waals surface area contributed by atoms with Gasteiger partial charge in [-0.3, -0.25) is 9.78 Å². The number of nitrogens with one attached hydrogen (secondary N) is 1. The van der Waals surface area contributed by atoms with Gasteiger partial charge in [-0.1, -0.05) is 12.1 Å². The zero-order valence-corrected chi connectivity index (χ0v) is 12.9. The van der Waals surface area contributed by atoms with E-state index in [0.29, 0.717) is 0 Å². The highest BCUT2D eigenvalue weighted by Crippen LogP contribution is 2.23. The first-order valence-corrected chi connectivity index (χ1v) is 7.80. The van der Waals surface area contributed by atoms with Crippen molar-refractivity contribution in [2.45, 2.75) is 13.3 Å². The molecule has 0 spiro atoms. The number of aryl methyl sites for hydroxylation is 1. The number of amides is 1. The van der Waals surface area contributed by atoms with E-state index in [1.54, 1.807) is 12.4 Å². The maximum Gasteiger partial charge on any atom is 0.230 e. The first-order valence-electron chi connectivity index (χ1n) is 6.92. The lowest BCUT2D eigenvalue weighted by Crippen LogP contribution is -2.14. The summed E-state index contributed by atoms with van der Waals surface area (Å²) < 4.78 is 0. The number of pyridine rings is 1. The second kappa shape index (κ2) is 6.49. The van der Waals surface area contributed by atoms with Gasteiger partial charge in [-0.05, 0) is 36.8 Å². The third-order valence-electron chi connectivity index (χ3n) is 3.10. The highest BCUT2D eigenvalue weighted by atomic mass is 32.1. The Morgan fingerprint density at radius 3 is 2.95 bits per heavy atom. The summed E-state index contributed by atoms with van der Waals surface area (Å²) in [5, 5.41) is 5.69. The minimum absolute atomic E-state index is 0.0614. The largest absolute Gasteiger partial charge is 0.326 e. The molecular formula is C17H15N3OS. The Balaban J connectivity index is 1.66. The Kier molecular flexibility index (Phi) is 4.25. The Morgan fingerprint density at radius 2 is 2.18 bits per heavy atom. The fraction of sp³-hybridized carbons (Fsp3) is 0.118. The van der Waals surface area contributed by atoms with Crippen molar-refractivity contribution in [3.05, 3.63) is 65.4 Å². The van der Waals surface area contributed by atoms with Crippen LogP contribution in [-0.2, 0) is 11.2 Å². The fourth-order valence-electron chi connectivity index (χ4n) is 2.10. The number of hydrogen-bond donors (Lipinski definition) is 1. The topological polar surface area (TPSA) is 54.9 Å². The third-order valence-corrected chi connectivity index (χ3v) is 4.04. The van der Waals surface area contributed by atoms with Crippen LogP contribution in [0, 0.1) is 6.92 Å². The second-order valence-corrected chi connectivity index (χ2v) is 5.84. The van der Waals surface area contributed by atoms with Crippen LogP contribution in [0.15, 0.2) is 54.2 Å². The molecule has 3 aromatic rings. The minimum Gasteiger partial charge on any atom is -0.326 e. The van der Waals surface area contributed by atoms with Crippen molar-refractivity contribution >= 4 is 22.9 Å². The Hall–Kier alpha value is -2.53. The van der Waals surface area contributed by atoms with Crippen LogP contribution in [0.3, 0.4) is 0 Å². The van der Waals surface area contributed by atoms with E-state index in [1.165, 1.54) is 11.3 Å². The van der Waals surface area contributed by atoms with E-state index in [1.807, 2.05) is 48.7 Å². The van der Waals surface area contributed by atoms with Gasteiger partial charge in [0.05, 0.1) is 12.1 Å². The van der Waals surface area contributed by atoms with Crippen molar-refractivity contribution in [1.29, 1.82) is 0 Å². The summed E-state index contributed by atoms with van der Waals surface area (Å²) in [6.45, 7) is 2.00. The number of carbonyl (C=O) groups excluding carboxylic acids is 1. The van der Waals surface area contributed by atoms with Gasteiger partial charge in [0.2, 0.25) is 5.91 Å². The molecule has 0 aliphatic rings. The van der Waals surface area contributed by atoms with Crippen LogP contribution < -0.4 is 5.32 Å². The van der Waals surface area contributed by atoms with Gasteiger partial charge in [-0.2, -0.15) is 0 Å². The summed E-state index contributed by atoms with van der Waals surface area (Å²) >= 11 is 1.52. The molecule has 2 heterocycles. The van der Waals surface area contributed by atoms with E-state index < -0.39 is 0 Å². The van der Waals surface area contributed by atoms with E-state index in [0.717, 1.165) is 27.5 Å². The molecule has 1 aromatic carbocycles. The average molecular weight is 309 g/mol. The van der Waals surface area contributed by atoms with E-state index >= 15 is 0 Å². The molecule has 0 saturated carbocycles. The van der Waals surface area contributed by atoms with Crippen molar-refractivity contribution < 1.29 is 4.79 Å². The van der Waals surface area contributed by atoms with Crippen LogP contribution in [-0.4, -0.2) is 15.9 Å². The highest BCUT2D eigenvalue weighted by molar-refractivity contribution is 7.13. The molecule has 110 valence electrons. The van der Waals surface area contributed by atoms with Crippen molar-refractivity contribution in [2.24, 2.45) is 0 Å². The van der Waals surface area contributed by atoms with Gasteiger partial charge in [0.15, 0.2) is 0 Å². The molecule has 0 aliphatic heterocycles. The summed E-state index contributed by atoms with van der Waals surface area (Å²) in [5.74, 6) is -0.0614. The molecule has 0 fully saturated rings. The Labute approximate surface area is 132 Å². The molecule has 22 heavy (non-hydrogen) atoms. The predicted octanol–water partition coefficient (Wildman–Crippen LogP) is 3.69. The number of carbonyl (C=O) groups is 1. The lowest BCUT2D eigenvalue weighted by Gasteiger charge is -2.04. The van der Waals surface area contributed by atoms with Crippen LogP contribution in [0.25, 0.3) is 10.6 Å². The number of benzene rings is 1. The highest BCUT2D eigenvalue weighted by Gasteiger charge is 2.09. The predicted molar refractivity (Wildman–Crippen MR) is 88.9 cm³/mol. The molecule has 0 aliphatic carbocycles. The molecule has 0 bridgehead atoms. The number of aromatic nitrogens is 2. The lowest BCUT2D eigenvalue weighted by molar-refractivity contribution is -0.115. The minimum atomic E-state index is -0.0614. The molecule has 2 aromatic heterocycles. The van der Waals surface area contributed by atoms with Crippen LogP contribution in [0.2, 0.25) is 0 Å². The van der Waals surface area contributed by atoms with Gasteiger partial charge in [-0.15, -0.1) is 11.3 Å². The normalized spacial score (nSPS) is 10.4. The van der Waals surface area contributed by atoms with Crippen molar-refractivity contribution in [3.63, 3.8) is 0 Å². The molecule has 4 nitrogen and oxygen atoms in total. The molecule has 0 atom stereocenters. The summed E-state index contributed by atoms with van der Waals surface area (Å²) in [4.78, 5) is 20.7. The van der Waals surface area contributed by atoms with Crippen LogP contribution in [0.1, 0.15) is 11.3 Å². The standard InChI is InChI=1S/C17H15N3OS/c1-12-4-2-6-14(8-12)19-16(21)9-15-11-22-17(20-15)13-5-3-7-18-10-13/h2-8,10-11H,9H2,1H3,(H,19,21). The van der Waals surface area contributed by atoms with Gasteiger partial charge >= 0.3 is 0 Å². The smallest absolute Gasteiger partial charge is 0.230 e. The van der Waals surface area contributed by atoms with Gasteiger partial charge in [0, 0.05) is 29.0 Å².